The molecule has 0 aromatic carbocycles. The van der Waals surface area contributed by atoms with Crippen LogP contribution in [0.1, 0.15) is 6.42 Å². The molecule has 1 fully saturated rings. The van der Waals surface area contributed by atoms with E-state index in [0.717, 1.165) is 13.0 Å². The van der Waals surface area contributed by atoms with Gasteiger partial charge in [-0.25, -0.2) is 9.24 Å². The third kappa shape index (κ3) is 3.65. The van der Waals surface area contributed by atoms with Gasteiger partial charge in [-0.15, -0.1) is 0 Å². The van der Waals surface area contributed by atoms with Crippen molar-refractivity contribution in [1.82, 2.24) is 9.99 Å². The van der Waals surface area contributed by atoms with Gasteiger partial charge in [-0.2, -0.15) is 0 Å². The van der Waals surface area contributed by atoms with E-state index in [1.165, 1.54) is 4.67 Å². The Morgan fingerprint density at radius 3 is 3.00 bits per heavy atom. The Hall–Kier alpha value is 0.0300. The third-order valence-corrected chi connectivity index (χ3v) is 3.65. The molecule has 7 heteroatoms. The Morgan fingerprint density at radius 1 is 1.50 bits per heavy atom. The molecule has 1 aliphatic rings. The maximum absolute atomic E-state index is 11.6. The highest BCUT2D eigenvalue weighted by Crippen LogP contribution is 2.45. The van der Waals surface area contributed by atoms with Crippen molar-refractivity contribution < 1.29 is 19.1 Å². The Kier molecular flexibility index (Phi) is 5.01. The van der Waals surface area contributed by atoms with Crippen molar-refractivity contribution in [3.8, 4) is 0 Å². The van der Waals surface area contributed by atoms with Crippen molar-refractivity contribution >= 4 is 7.75 Å². The molecule has 1 aliphatic heterocycles. The summed E-state index contributed by atoms with van der Waals surface area (Å²) in [5.41, 5.74) is 0. The van der Waals surface area contributed by atoms with Gasteiger partial charge in [0.05, 0.1) is 13.2 Å². The minimum absolute atomic E-state index is 0.145. The molecule has 0 saturated carbocycles. The second-order valence-electron chi connectivity index (χ2n) is 3.10. The smallest absolute Gasteiger partial charge is 0.395 e. The summed E-state index contributed by atoms with van der Waals surface area (Å²) in [6.07, 6.45) is 0.720. The molecule has 0 aromatic rings. The van der Waals surface area contributed by atoms with Crippen LogP contribution in [0.5, 0.6) is 0 Å². The fourth-order valence-electron chi connectivity index (χ4n) is 1.28. The molecule has 1 heterocycles. The van der Waals surface area contributed by atoms with E-state index < -0.39 is 7.75 Å². The lowest BCUT2D eigenvalue weighted by Crippen LogP contribution is -2.31. The second-order valence-corrected chi connectivity index (χ2v) is 4.91. The molecule has 3 N–H and O–H groups in total. The first-order chi connectivity index (χ1) is 6.67. The van der Waals surface area contributed by atoms with Gasteiger partial charge < -0.3 is 15.3 Å². The van der Waals surface area contributed by atoms with Crippen LogP contribution in [0.2, 0.25) is 0 Å². The highest BCUT2D eigenvalue weighted by molar-refractivity contribution is 7.50. The normalized spacial score (nSPS) is 31.9. The molecule has 0 aromatic heterocycles. The van der Waals surface area contributed by atoms with E-state index in [0.29, 0.717) is 13.1 Å². The number of aliphatic hydroxyl groups excluding tert-OH is 1. The molecule has 84 valence electrons. The summed E-state index contributed by atoms with van der Waals surface area (Å²) in [5.74, 6) is 0. The highest BCUT2D eigenvalue weighted by atomic mass is 31.2. The monoisotopic (exact) mass is 224 g/mol. The van der Waals surface area contributed by atoms with E-state index in [9.17, 15) is 9.46 Å². The molecule has 1 unspecified atom stereocenters. The largest absolute Gasteiger partial charge is 0.405 e. The van der Waals surface area contributed by atoms with E-state index >= 15 is 0 Å². The van der Waals surface area contributed by atoms with Gasteiger partial charge in [0.25, 0.3) is 0 Å². The van der Waals surface area contributed by atoms with Crippen LogP contribution in [0.25, 0.3) is 0 Å². The molecule has 1 rings (SSSR count). The van der Waals surface area contributed by atoms with Gasteiger partial charge in [0.15, 0.2) is 0 Å². The summed E-state index contributed by atoms with van der Waals surface area (Å²) >= 11 is 0. The first-order valence-electron chi connectivity index (χ1n) is 4.71. The van der Waals surface area contributed by atoms with Gasteiger partial charge in [0.2, 0.25) is 0 Å². The van der Waals surface area contributed by atoms with Crippen molar-refractivity contribution in [2.24, 2.45) is 0 Å². The molecule has 1 atom stereocenters. The Morgan fingerprint density at radius 2 is 2.29 bits per heavy atom. The first kappa shape index (κ1) is 12.1. The van der Waals surface area contributed by atoms with E-state index in [-0.39, 0.29) is 19.8 Å². The van der Waals surface area contributed by atoms with Crippen LogP contribution in [0.3, 0.4) is 0 Å². The average Bonchev–Trinajstić information content (AvgIpc) is 2.20. The Balaban J connectivity index is 2.58. The fourth-order valence-corrected chi connectivity index (χ4v) is 2.50. The fraction of sp³-hybridized carbons (Fsp3) is 1.00. The second kappa shape index (κ2) is 5.80. The molecular weight excluding hydrogens is 207 g/mol. The van der Waals surface area contributed by atoms with Gasteiger partial charge >= 0.3 is 7.75 Å². The molecule has 0 amide bonds. The van der Waals surface area contributed by atoms with Crippen molar-refractivity contribution in [2.45, 2.75) is 6.42 Å². The summed E-state index contributed by atoms with van der Waals surface area (Å²) in [7, 11) is -3.68. The van der Waals surface area contributed by atoms with Gasteiger partial charge in [-0.3, -0.25) is 4.52 Å². The quantitative estimate of drug-likeness (QED) is 0.543. The summed E-state index contributed by atoms with van der Waals surface area (Å²) in [5, 5.41) is 11.9. The SMILES string of the molecule is O=P1(O)OCCCNCCN1CCO. The van der Waals surface area contributed by atoms with Gasteiger partial charge in [-0.1, -0.05) is 0 Å². The molecule has 0 radical (unpaired) electrons. The van der Waals surface area contributed by atoms with Crippen LogP contribution in [0.15, 0.2) is 0 Å². The number of hydrogen-bond acceptors (Lipinski definition) is 4. The molecule has 0 aliphatic carbocycles. The maximum atomic E-state index is 11.6. The number of hydrogen-bond donors (Lipinski definition) is 3. The minimum Gasteiger partial charge on any atom is -0.395 e. The molecule has 0 bridgehead atoms. The Bertz CT molecular complexity index is 214. The Labute approximate surface area is 83.5 Å². The van der Waals surface area contributed by atoms with E-state index in [4.69, 9.17) is 9.63 Å². The van der Waals surface area contributed by atoms with Crippen molar-refractivity contribution in [2.75, 3.05) is 39.4 Å². The highest BCUT2D eigenvalue weighted by Gasteiger charge is 2.29. The number of aliphatic hydroxyl groups is 1. The van der Waals surface area contributed by atoms with E-state index in [1.54, 1.807) is 0 Å². The zero-order chi connectivity index (χ0) is 10.4. The number of nitrogens with one attached hydrogen (secondary N) is 1. The summed E-state index contributed by atoms with van der Waals surface area (Å²) < 4.78 is 17.8. The van der Waals surface area contributed by atoms with Crippen LogP contribution in [0, 0.1) is 0 Å². The molecule has 14 heavy (non-hydrogen) atoms. The number of rotatable bonds is 2. The lowest BCUT2D eigenvalue weighted by molar-refractivity contribution is 0.184. The standard InChI is InChI=1S/C7H17N2O4P/c10-6-5-9-4-3-8-2-1-7-13-14(9,11)12/h8,10H,1-7H2,(H,11,12). The number of β-amino-alcohol motifs (C(OH)–C–C–N with tert-alkyl or cyclic N) is 1. The molecule has 0 spiro atoms. The molecule has 1 saturated heterocycles. The van der Waals surface area contributed by atoms with E-state index in [1.807, 2.05) is 0 Å². The van der Waals surface area contributed by atoms with Crippen LogP contribution in [-0.2, 0) is 9.09 Å². The van der Waals surface area contributed by atoms with Crippen LogP contribution < -0.4 is 5.32 Å². The first-order valence-corrected chi connectivity index (χ1v) is 6.24. The van der Waals surface area contributed by atoms with Gasteiger partial charge in [0, 0.05) is 19.6 Å². The zero-order valence-electron chi connectivity index (χ0n) is 8.06. The minimum atomic E-state index is -3.68. The topological polar surface area (TPSA) is 82.0 Å². The van der Waals surface area contributed by atoms with Gasteiger partial charge in [0.1, 0.15) is 0 Å². The van der Waals surface area contributed by atoms with Gasteiger partial charge in [-0.05, 0) is 13.0 Å². The number of nitrogens with zero attached hydrogens (tertiary/aromatic N) is 1. The van der Waals surface area contributed by atoms with Crippen LogP contribution in [0.4, 0.5) is 0 Å². The molecular formula is C7H17N2O4P. The lowest BCUT2D eigenvalue weighted by atomic mass is 10.4. The zero-order valence-corrected chi connectivity index (χ0v) is 8.95. The summed E-state index contributed by atoms with van der Waals surface area (Å²) in [4.78, 5) is 9.52. The summed E-state index contributed by atoms with van der Waals surface area (Å²) in [6.45, 7) is 2.11. The van der Waals surface area contributed by atoms with Crippen molar-refractivity contribution in [3.63, 3.8) is 0 Å². The summed E-state index contributed by atoms with van der Waals surface area (Å²) in [6, 6.07) is 0. The molecule has 6 nitrogen and oxygen atoms in total. The predicted octanol–water partition coefficient (Wildman–Crippen LogP) is -0.609. The van der Waals surface area contributed by atoms with Crippen molar-refractivity contribution in [3.05, 3.63) is 0 Å². The van der Waals surface area contributed by atoms with Crippen molar-refractivity contribution in [1.29, 1.82) is 0 Å². The van der Waals surface area contributed by atoms with Crippen LogP contribution >= 0.6 is 7.75 Å². The average molecular weight is 224 g/mol. The predicted molar refractivity (Wildman–Crippen MR) is 51.9 cm³/mol. The van der Waals surface area contributed by atoms with Crippen LogP contribution in [-0.4, -0.2) is 54.1 Å². The van der Waals surface area contributed by atoms with E-state index in [2.05, 4.69) is 5.32 Å². The lowest BCUT2D eigenvalue weighted by Gasteiger charge is -2.24. The maximum Gasteiger partial charge on any atom is 0.405 e. The third-order valence-electron chi connectivity index (χ3n) is 2.02.